The Balaban J connectivity index is 4.18. The maximum atomic E-state index is 12.2. The lowest BCUT2D eigenvalue weighted by Crippen LogP contribution is -2.38. The lowest BCUT2D eigenvalue weighted by Gasteiger charge is -2.25. The first-order valence-electron chi connectivity index (χ1n) is 10.4. The molecule has 0 spiro atoms. The Bertz CT molecular complexity index is 426. The molecule has 0 saturated carbocycles. The summed E-state index contributed by atoms with van der Waals surface area (Å²) < 4.78 is 0. The molecule has 3 N–H and O–H groups in total. The number of amides is 2. The molecule has 160 valence electrons. The van der Waals surface area contributed by atoms with Crippen LogP contribution in [0.2, 0.25) is 0 Å². The number of hydrogen-bond donors (Lipinski definition) is 3. The van der Waals surface area contributed by atoms with Gasteiger partial charge in [-0.3, -0.25) is 9.59 Å². The third-order valence-electron chi connectivity index (χ3n) is 4.86. The van der Waals surface area contributed by atoms with Crippen LogP contribution < -0.4 is 5.32 Å². The second kappa shape index (κ2) is 13.9. The maximum absolute atomic E-state index is 12.2. The van der Waals surface area contributed by atoms with E-state index in [1.165, 1.54) is 0 Å². The van der Waals surface area contributed by atoms with Crippen LogP contribution in [-0.2, 0) is 9.59 Å². The molecule has 0 aromatic rings. The second-order valence-electron chi connectivity index (χ2n) is 8.60. The molecule has 3 atom stereocenters. The standard InChI is InChI=1S/C21H42N2O4/c1-15(2)13-19(25)14-22-20(26)18(6)8-7-17(5)9-10-23(11-12-24)21(27)16(3)4/h15-19,24-25H,7-14H2,1-6H3,(H,22,26). The third kappa shape index (κ3) is 12.0. The summed E-state index contributed by atoms with van der Waals surface area (Å²) in [6.07, 6.45) is 2.75. The zero-order valence-electron chi connectivity index (χ0n) is 18.2. The van der Waals surface area contributed by atoms with Gasteiger partial charge in [-0.2, -0.15) is 0 Å². The van der Waals surface area contributed by atoms with Crippen molar-refractivity contribution in [1.29, 1.82) is 0 Å². The molecule has 0 radical (unpaired) electrons. The Morgan fingerprint density at radius 3 is 2.11 bits per heavy atom. The number of nitrogens with zero attached hydrogens (tertiary/aromatic N) is 1. The average molecular weight is 387 g/mol. The molecule has 0 aliphatic rings. The van der Waals surface area contributed by atoms with Crippen molar-refractivity contribution < 1.29 is 19.8 Å². The van der Waals surface area contributed by atoms with Gasteiger partial charge in [0.25, 0.3) is 0 Å². The molecule has 3 unspecified atom stereocenters. The molecule has 0 aromatic heterocycles. The fourth-order valence-corrected chi connectivity index (χ4v) is 3.02. The maximum Gasteiger partial charge on any atom is 0.225 e. The topological polar surface area (TPSA) is 89.9 Å². The van der Waals surface area contributed by atoms with E-state index in [2.05, 4.69) is 12.2 Å². The van der Waals surface area contributed by atoms with Gasteiger partial charge in [0, 0.05) is 31.5 Å². The van der Waals surface area contributed by atoms with E-state index in [1.54, 1.807) is 4.90 Å². The molecule has 0 fully saturated rings. The number of carbonyl (C=O) groups is 2. The van der Waals surface area contributed by atoms with Gasteiger partial charge in [0.1, 0.15) is 0 Å². The summed E-state index contributed by atoms with van der Waals surface area (Å²) in [4.78, 5) is 26.0. The summed E-state index contributed by atoms with van der Waals surface area (Å²) in [6.45, 7) is 13.2. The summed E-state index contributed by atoms with van der Waals surface area (Å²) in [5, 5.41) is 21.8. The number of rotatable bonds is 14. The van der Waals surface area contributed by atoms with E-state index in [1.807, 2.05) is 34.6 Å². The first-order chi connectivity index (χ1) is 12.6. The predicted molar refractivity (Wildman–Crippen MR) is 109 cm³/mol. The van der Waals surface area contributed by atoms with Crippen molar-refractivity contribution in [2.75, 3.05) is 26.2 Å². The van der Waals surface area contributed by atoms with Crippen LogP contribution in [0.25, 0.3) is 0 Å². The van der Waals surface area contributed by atoms with Gasteiger partial charge in [-0.25, -0.2) is 0 Å². The van der Waals surface area contributed by atoms with Crippen LogP contribution in [0.3, 0.4) is 0 Å². The van der Waals surface area contributed by atoms with Gasteiger partial charge in [0.15, 0.2) is 0 Å². The smallest absolute Gasteiger partial charge is 0.225 e. The van der Waals surface area contributed by atoms with Gasteiger partial charge in [-0.1, -0.05) is 41.5 Å². The molecule has 2 amide bonds. The highest BCUT2D eigenvalue weighted by molar-refractivity contribution is 5.78. The van der Waals surface area contributed by atoms with E-state index in [0.29, 0.717) is 37.9 Å². The van der Waals surface area contributed by atoms with E-state index >= 15 is 0 Å². The quantitative estimate of drug-likeness (QED) is 0.428. The van der Waals surface area contributed by atoms with Crippen LogP contribution in [0.5, 0.6) is 0 Å². The first-order valence-corrected chi connectivity index (χ1v) is 10.4. The predicted octanol–water partition coefficient (Wildman–Crippen LogP) is 2.43. The zero-order valence-corrected chi connectivity index (χ0v) is 18.2. The summed E-state index contributed by atoms with van der Waals surface area (Å²) >= 11 is 0. The van der Waals surface area contributed by atoms with Crippen LogP contribution in [-0.4, -0.2) is 59.3 Å². The third-order valence-corrected chi connectivity index (χ3v) is 4.86. The molecule has 0 aliphatic carbocycles. The van der Waals surface area contributed by atoms with Crippen molar-refractivity contribution in [3.63, 3.8) is 0 Å². The van der Waals surface area contributed by atoms with E-state index in [-0.39, 0.29) is 30.3 Å². The van der Waals surface area contributed by atoms with Crippen molar-refractivity contribution in [3.8, 4) is 0 Å². The molecular formula is C21H42N2O4. The number of hydrogen-bond acceptors (Lipinski definition) is 4. The molecule has 0 bridgehead atoms. The molecule has 6 nitrogen and oxygen atoms in total. The van der Waals surface area contributed by atoms with Gasteiger partial charge in [0.2, 0.25) is 11.8 Å². The Morgan fingerprint density at radius 1 is 0.963 bits per heavy atom. The summed E-state index contributed by atoms with van der Waals surface area (Å²) in [7, 11) is 0. The lowest BCUT2D eigenvalue weighted by atomic mass is 9.95. The van der Waals surface area contributed by atoms with Gasteiger partial charge < -0.3 is 20.4 Å². The van der Waals surface area contributed by atoms with Crippen molar-refractivity contribution in [2.24, 2.45) is 23.7 Å². The van der Waals surface area contributed by atoms with E-state index in [4.69, 9.17) is 5.11 Å². The zero-order chi connectivity index (χ0) is 21.0. The average Bonchev–Trinajstić information content (AvgIpc) is 2.59. The fraction of sp³-hybridized carbons (Fsp3) is 0.905. The van der Waals surface area contributed by atoms with Gasteiger partial charge in [0.05, 0.1) is 12.7 Å². The second-order valence-corrected chi connectivity index (χ2v) is 8.60. The van der Waals surface area contributed by atoms with Crippen molar-refractivity contribution in [1.82, 2.24) is 10.2 Å². The molecule has 0 rings (SSSR count). The molecule has 6 heteroatoms. The lowest BCUT2D eigenvalue weighted by molar-refractivity contribution is -0.135. The van der Waals surface area contributed by atoms with Crippen LogP contribution >= 0.6 is 0 Å². The van der Waals surface area contributed by atoms with Gasteiger partial charge >= 0.3 is 0 Å². The largest absolute Gasteiger partial charge is 0.395 e. The summed E-state index contributed by atoms with van der Waals surface area (Å²) in [5.41, 5.74) is 0. The van der Waals surface area contributed by atoms with Crippen LogP contribution in [0.4, 0.5) is 0 Å². The highest BCUT2D eigenvalue weighted by atomic mass is 16.3. The number of aliphatic hydroxyl groups excluding tert-OH is 2. The SMILES string of the molecule is CC(C)CC(O)CNC(=O)C(C)CCC(C)CCN(CCO)C(=O)C(C)C. The Labute approximate surface area is 165 Å². The normalized spacial score (nSPS) is 14.9. The van der Waals surface area contributed by atoms with Crippen LogP contribution in [0, 0.1) is 23.7 Å². The number of nitrogens with one attached hydrogen (secondary N) is 1. The van der Waals surface area contributed by atoms with E-state index < -0.39 is 6.10 Å². The minimum absolute atomic E-state index is 0.0121. The molecule has 0 aliphatic heterocycles. The molecule has 27 heavy (non-hydrogen) atoms. The highest BCUT2D eigenvalue weighted by Crippen LogP contribution is 2.17. The van der Waals surface area contributed by atoms with Crippen molar-refractivity contribution in [2.45, 2.75) is 73.3 Å². The minimum atomic E-state index is -0.490. The summed E-state index contributed by atoms with van der Waals surface area (Å²) in [5.74, 6) is 0.702. The van der Waals surface area contributed by atoms with E-state index in [0.717, 1.165) is 19.3 Å². The van der Waals surface area contributed by atoms with E-state index in [9.17, 15) is 14.7 Å². The minimum Gasteiger partial charge on any atom is -0.395 e. The molecule has 0 heterocycles. The Morgan fingerprint density at radius 2 is 1.59 bits per heavy atom. The fourth-order valence-electron chi connectivity index (χ4n) is 3.02. The van der Waals surface area contributed by atoms with Crippen LogP contribution in [0.1, 0.15) is 67.2 Å². The van der Waals surface area contributed by atoms with Crippen molar-refractivity contribution in [3.05, 3.63) is 0 Å². The van der Waals surface area contributed by atoms with Crippen LogP contribution in [0.15, 0.2) is 0 Å². The molecule has 0 aromatic carbocycles. The Kier molecular flexibility index (Phi) is 13.4. The highest BCUT2D eigenvalue weighted by Gasteiger charge is 2.19. The first kappa shape index (κ1) is 25.9. The monoisotopic (exact) mass is 386 g/mol. The number of aliphatic hydroxyl groups is 2. The summed E-state index contributed by atoms with van der Waals surface area (Å²) in [6, 6.07) is 0. The number of carbonyl (C=O) groups excluding carboxylic acids is 2. The Hall–Kier alpha value is -1.14. The molecular weight excluding hydrogens is 344 g/mol. The van der Waals surface area contributed by atoms with Crippen molar-refractivity contribution >= 4 is 11.8 Å². The van der Waals surface area contributed by atoms with Gasteiger partial charge in [-0.05, 0) is 37.5 Å². The van der Waals surface area contributed by atoms with Gasteiger partial charge in [-0.15, -0.1) is 0 Å². The molecule has 0 saturated heterocycles.